The van der Waals surface area contributed by atoms with Crippen molar-refractivity contribution in [3.63, 3.8) is 0 Å². The molecule has 170 valence electrons. The quantitative estimate of drug-likeness (QED) is 0.660. The van der Waals surface area contributed by atoms with Crippen LogP contribution in [0, 0.1) is 12.3 Å². The highest BCUT2D eigenvalue weighted by molar-refractivity contribution is 7.13. The lowest BCUT2D eigenvalue weighted by Crippen LogP contribution is -2.43. The zero-order valence-corrected chi connectivity index (χ0v) is 19.9. The van der Waals surface area contributed by atoms with Gasteiger partial charge in [-0.15, -0.1) is 11.3 Å². The number of hydrogen-bond donors (Lipinski definition) is 3. The first-order valence-corrected chi connectivity index (χ1v) is 13.1. The lowest BCUT2D eigenvalue weighted by Gasteiger charge is -2.35. The molecule has 1 unspecified atom stereocenters. The van der Waals surface area contributed by atoms with E-state index in [9.17, 15) is 0 Å². The van der Waals surface area contributed by atoms with E-state index in [-0.39, 0.29) is 6.04 Å². The Morgan fingerprint density at radius 1 is 0.906 bits per heavy atom. The maximum Gasteiger partial charge on any atom is 0.0736 e. The molecular weight excluding hydrogens is 414 g/mol. The molecule has 4 aliphatic rings. The van der Waals surface area contributed by atoms with Crippen LogP contribution in [0.3, 0.4) is 0 Å². The summed E-state index contributed by atoms with van der Waals surface area (Å²) in [6.45, 7) is 11.3. The Balaban J connectivity index is 1.27. The van der Waals surface area contributed by atoms with Crippen molar-refractivity contribution in [3.05, 3.63) is 51.7 Å². The van der Waals surface area contributed by atoms with Crippen LogP contribution in [0.15, 0.2) is 36.4 Å². The number of likely N-dealkylation sites (tertiary alicyclic amines) is 1. The zero-order chi connectivity index (χ0) is 21.5. The number of hydrogen-bond acceptors (Lipinski definition) is 6. The van der Waals surface area contributed by atoms with Crippen LogP contribution in [0.25, 0.3) is 5.70 Å². The number of aryl methyl sites for hydroxylation is 1. The summed E-state index contributed by atoms with van der Waals surface area (Å²) in [4.78, 5) is 8.00. The molecule has 32 heavy (non-hydrogen) atoms. The largest absolute Gasteiger partial charge is 0.373 e. The van der Waals surface area contributed by atoms with Gasteiger partial charge in [-0.25, -0.2) is 0 Å². The molecule has 0 amide bonds. The molecule has 3 fully saturated rings. The molecule has 6 heteroatoms. The lowest BCUT2D eigenvalue weighted by molar-refractivity contribution is 0.215. The Hall–Kier alpha value is -2.02. The number of fused-ring (bicyclic) bond motifs is 1. The van der Waals surface area contributed by atoms with Crippen molar-refractivity contribution in [1.29, 1.82) is 0 Å². The summed E-state index contributed by atoms with van der Waals surface area (Å²) in [5.41, 5.74) is 5.99. The van der Waals surface area contributed by atoms with Gasteiger partial charge in [0, 0.05) is 49.8 Å². The van der Waals surface area contributed by atoms with Crippen LogP contribution in [-0.2, 0) is 0 Å². The highest BCUT2D eigenvalue weighted by atomic mass is 32.1. The monoisotopic (exact) mass is 449 g/mol. The van der Waals surface area contributed by atoms with Crippen molar-refractivity contribution in [1.82, 2.24) is 15.5 Å². The number of rotatable bonds is 3. The van der Waals surface area contributed by atoms with Crippen LogP contribution in [0.2, 0.25) is 0 Å². The number of thiophene rings is 1. The van der Waals surface area contributed by atoms with Crippen molar-refractivity contribution in [2.75, 3.05) is 62.6 Å². The van der Waals surface area contributed by atoms with Gasteiger partial charge in [-0.05, 0) is 74.5 Å². The molecule has 0 aliphatic carbocycles. The van der Waals surface area contributed by atoms with Gasteiger partial charge in [-0.2, -0.15) is 0 Å². The van der Waals surface area contributed by atoms with E-state index in [1.54, 1.807) is 0 Å². The minimum absolute atomic E-state index is 0.230. The van der Waals surface area contributed by atoms with E-state index in [0.717, 1.165) is 26.2 Å². The number of benzene rings is 1. The van der Waals surface area contributed by atoms with E-state index in [1.807, 2.05) is 11.3 Å². The third-order valence-corrected chi connectivity index (χ3v) is 8.97. The normalized spacial score (nSPS) is 24.9. The highest BCUT2D eigenvalue weighted by Crippen LogP contribution is 2.47. The predicted molar refractivity (Wildman–Crippen MR) is 136 cm³/mol. The number of piperazine rings is 1. The SMILES string of the molecule is Cc1cc2c(s1)C(N1CCC3(CCNCC3)C1)=CC(c1ccc(N3CCNCC3)cc1)N2. The average Bonchev–Trinajstić information content (AvgIpc) is 3.42. The van der Waals surface area contributed by atoms with E-state index in [4.69, 9.17) is 0 Å². The number of piperidine rings is 1. The summed E-state index contributed by atoms with van der Waals surface area (Å²) in [6, 6.07) is 11.8. The fourth-order valence-corrected chi connectivity index (χ4v) is 7.03. The minimum Gasteiger partial charge on any atom is -0.373 e. The molecular formula is C26H35N5S. The van der Waals surface area contributed by atoms with Crippen LogP contribution >= 0.6 is 11.3 Å². The molecule has 5 heterocycles. The molecule has 2 aromatic rings. The summed E-state index contributed by atoms with van der Waals surface area (Å²) in [5.74, 6) is 0. The van der Waals surface area contributed by atoms with Crippen molar-refractivity contribution >= 4 is 28.4 Å². The molecule has 0 saturated carbocycles. The molecule has 0 bridgehead atoms. The Bertz CT molecular complexity index is 982. The summed E-state index contributed by atoms with van der Waals surface area (Å²) in [7, 11) is 0. The van der Waals surface area contributed by atoms with Gasteiger partial charge in [0.2, 0.25) is 0 Å². The second-order valence-corrected chi connectivity index (χ2v) is 11.3. The van der Waals surface area contributed by atoms with Gasteiger partial charge in [0.25, 0.3) is 0 Å². The van der Waals surface area contributed by atoms with Gasteiger partial charge < -0.3 is 25.8 Å². The van der Waals surface area contributed by atoms with Crippen molar-refractivity contribution in [2.45, 2.75) is 32.2 Å². The summed E-state index contributed by atoms with van der Waals surface area (Å²) >= 11 is 1.94. The molecule has 5 nitrogen and oxygen atoms in total. The second-order valence-electron chi connectivity index (χ2n) is 10.0. The van der Waals surface area contributed by atoms with Crippen molar-refractivity contribution in [2.24, 2.45) is 5.41 Å². The molecule has 0 radical (unpaired) electrons. The van der Waals surface area contributed by atoms with Gasteiger partial charge in [0.15, 0.2) is 0 Å². The van der Waals surface area contributed by atoms with Crippen LogP contribution in [0.1, 0.15) is 40.6 Å². The van der Waals surface area contributed by atoms with Crippen molar-refractivity contribution < 1.29 is 0 Å². The molecule has 1 spiro atoms. The average molecular weight is 450 g/mol. The Kier molecular flexibility index (Phi) is 5.40. The maximum absolute atomic E-state index is 3.83. The Morgan fingerprint density at radius 2 is 1.66 bits per heavy atom. The van der Waals surface area contributed by atoms with Crippen LogP contribution in [-0.4, -0.2) is 57.3 Å². The summed E-state index contributed by atoms with van der Waals surface area (Å²) < 4.78 is 0. The molecule has 1 aromatic heterocycles. The van der Waals surface area contributed by atoms with E-state index >= 15 is 0 Å². The molecule has 6 rings (SSSR count). The van der Waals surface area contributed by atoms with Crippen LogP contribution in [0.4, 0.5) is 11.4 Å². The summed E-state index contributed by atoms with van der Waals surface area (Å²) in [6.07, 6.45) is 6.48. The van der Waals surface area contributed by atoms with Gasteiger partial charge in [-0.3, -0.25) is 0 Å². The molecule has 4 aliphatic heterocycles. The number of anilines is 2. The van der Waals surface area contributed by atoms with Crippen molar-refractivity contribution in [3.8, 4) is 0 Å². The zero-order valence-electron chi connectivity index (χ0n) is 19.1. The fourth-order valence-electron chi connectivity index (χ4n) is 6.00. The Morgan fingerprint density at radius 3 is 2.44 bits per heavy atom. The molecule has 1 aromatic carbocycles. The third-order valence-electron chi connectivity index (χ3n) is 7.90. The molecule has 1 atom stereocenters. The first kappa shape index (κ1) is 20.6. The molecule has 3 saturated heterocycles. The first-order chi connectivity index (χ1) is 15.7. The number of nitrogens with one attached hydrogen (secondary N) is 3. The first-order valence-electron chi connectivity index (χ1n) is 12.3. The summed E-state index contributed by atoms with van der Waals surface area (Å²) in [5, 5.41) is 10.8. The van der Waals surface area contributed by atoms with Gasteiger partial charge in [0.05, 0.1) is 22.3 Å². The van der Waals surface area contributed by atoms with Crippen LogP contribution < -0.4 is 20.9 Å². The topological polar surface area (TPSA) is 42.6 Å². The fraction of sp³-hybridized carbons (Fsp3) is 0.538. The predicted octanol–water partition coefficient (Wildman–Crippen LogP) is 4.05. The second kappa shape index (κ2) is 8.40. The van der Waals surface area contributed by atoms with E-state index in [0.29, 0.717) is 5.41 Å². The van der Waals surface area contributed by atoms with E-state index in [1.165, 1.54) is 77.8 Å². The van der Waals surface area contributed by atoms with Gasteiger partial charge >= 0.3 is 0 Å². The van der Waals surface area contributed by atoms with Gasteiger partial charge in [-0.1, -0.05) is 12.1 Å². The maximum atomic E-state index is 3.83. The van der Waals surface area contributed by atoms with Gasteiger partial charge in [0.1, 0.15) is 0 Å². The highest BCUT2D eigenvalue weighted by Gasteiger charge is 2.40. The van der Waals surface area contributed by atoms with E-state index in [2.05, 4.69) is 69.1 Å². The number of nitrogens with zero attached hydrogens (tertiary/aromatic N) is 2. The minimum atomic E-state index is 0.230. The molecule has 3 N–H and O–H groups in total. The third kappa shape index (κ3) is 3.82. The lowest BCUT2D eigenvalue weighted by atomic mass is 9.78. The smallest absolute Gasteiger partial charge is 0.0736 e. The Labute approximate surface area is 195 Å². The van der Waals surface area contributed by atoms with E-state index < -0.39 is 0 Å². The standard InChI is InChI=1S/C26H35N5S/c1-19-16-23-25(32-19)24(31-13-8-26(18-31)6-9-27-10-7-26)17-22(29-23)20-2-4-21(5-3-20)30-14-11-28-12-15-30/h2-5,16-17,22,27-29H,6-15,18H2,1H3. The van der Waals surface area contributed by atoms with Crippen LogP contribution in [0.5, 0.6) is 0 Å².